The van der Waals surface area contributed by atoms with Crippen LogP contribution in [0.15, 0.2) is 47.4 Å². The predicted molar refractivity (Wildman–Crippen MR) is 77.8 cm³/mol. The summed E-state index contributed by atoms with van der Waals surface area (Å²) in [5.74, 6) is 0. The molecule has 108 valence electrons. The van der Waals surface area contributed by atoms with Crippen molar-refractivity contribution in [1.29, 1.82) is 0 Å². The molecule has 0 bridgehead atoms. The number of carbonyl (C=O) groups excluding carboxylic acids is 1. The highest BCUT2D eigenvalue weighted by Gasteiger charge is 2.23. The van der Waals surface area contributed by atoms with Crippen molar-refractivity contribution in [3.05, 3.63) is 69.6 Å². The van der Waals surface area contributed by atoms with Crippen molar-refractivity contribution in [3.63, 3.8) is 0 Å². The van der Waals surface area contributed by atoms with Gasteiger partial charge in [-0.2, -0.15) is 0 Å². The minimum atomic E-state index is -0.382. The fraction of sp³-hybridized carbons (Fsp3) is 0.250. The molecular formula is C16H16N2O3. The van der Waals surface area contributed by atoms with E-state index in [1.807, 2.05) is 30.3 Å². The quantitative estimate of drug-likeness (QED) is 0.918. The van der Waals surface area contributed by atoms with Crippen LogP contribution >= 0.6 is 0 Å². The monoisotopic (exact) mass is 284 g/mol. The molecular weight excluding hydrogens is 268 g/mol. The van der Waals surface area contributed by atoms with Crippen molar-refractivity contribution in [2.24, 2.45) is 0 Å². The van der Waals surface area contributed by atoms with E-state index in [-0.39, 0.29) is 18.1 Å². The molecule has 0 atom stereocenters. The minimum absolute atomic E-state index is 0.0377. The second kappa shape index (κ2) is 5.83. The van der Waals surface area contributed by atoms with Gasteiger partial charge in [-0.05, 0) is 5.56 Å². The smallest absolute Gasteiger partial charge is 0.410 e. The molecule has 0 saturated heterocycles. The lowest BCUT2D eigenvalue weighted by molar-refractivity contribution is 0.0915. The normalized spacial score (nSPS) is 13.6. The number of aromatic nitrogens is 1. The molecule has 3 rings (SSSR count). The van der Waals surface area contributed by atoms with Gasteiger partial charge in [-0.3, -0.25) is 4.79 Å². The standard InChI is InChI=1S/C16H16N2O3/c19-15-6-8-17-14-7-9-18(10-13(14)15)16(20)21-11-12-4-2-1-3-5-12/h1-6,8H,7,9-11H2,(H,17,19). The number of fused-ring (bicyclic) bond motifs is 1. The average molecular weight is 284 g/mol. The number of benzene rings is 1. The van der Waals surface area contributed by atoms with Crippen LogP contribution in [0.4, 0.5) is 4.79 Å². The van der Waals surface area contributed by atoms with Crippen LogP contribution in [0.3, 0.4) is 0 Å². The number of rotatable bonds is 2. The molecule has 0 fully saturated rings. The van der Waals surface area contributed by atoms with E-state index >= 15 is 0 Å². The van der Waals surface area contributed by atoms with E-state index < -0.39 is 0 Å². The van der Waals surface area contributed by atoms with Crippen molar-refractivity contribution in [2.45, 2.75) is 19.6 Å². The predicted octanol–water partition coefficient (Wildman–Crippen LogP) is 2.07. The van der Waals surface area contributed by atoms with Gasteiger partial charge in [0.15, 0.2) is 5.43 Å². The summed E-state index contributed by atoms with van der Waals surface area (Å²) in [7, 11) is 0. The van der Waals surface area contributed by atoms with Crippen LogP contribution in [0.25, 0.3) is 0 Å². The van der Waals surface area contributed by atoms with Gasteiger partial charge in [0.05, 0.1) is 6.54 Å². The van der Waals surface area contributed by atoms with Crippen LogP contribution in [0.2, 0.25) is 0 Å². The summed E-state index contributed by atoms with van der Waals surface area (Å²) in [6, 6.07) is 11.0. The van der Waals surface area contributed by atoms with Crippen molar-refractivity contribution < 1.29 is 9.53 Å². The summed E-state index contributed by atoms with van der Waals surface area (Å²) in [5, 5.41) is 0. The first kappa shape index (κ1) is 13.4. The molecule has 1 amide bonds. The molecule has 0 saturated carbocycles. The van der Waals surface area contributed by atoms with E-state index in [9.17, 15) is 9.59 Å². The van der Waals surface area contributed by atoms with Crippen molar-refractivity contribution >= 4 is 6.09 Å². The number of hydrogen-bond donors (Lipinski definition) is 1. The van der Waals surface area contributed by atoms with Crippen molar-refractivity contribution in [1.82, 2.24) is 9.88 Å². The van der Waals surface area contributed by atoms with Gasteiger partial charge in [-0.1, -0.05) is 30.3 Å². The van der Waals surface area contributed by atoms with Crippen LogP contribution in [0.1, 0.15) is 16.8 Å². The SMILES string of the molecule is O=C(OCc1ccccc1)N1CCc2[nH]ccc(=O)c2C1. The van der Waals surface area contributed by atoms with E-state index in [1.165, 1.54) is 6.07 Å². The Bertz CT molecular complexity index is 694. The molecule has 1 aliphatic rings. The van der Waals surface area contributed by atoms with Gasteiger partial charge >= 0.3 is 6.09 Å². The highest BCUT2D eigenvalue weighted by atomic mass is 16.6. The first-order chi connectivity index (χ1) is 10.2. The van der Waals surface area contributed by atoms with Gasteiger partial charge in [0.2, 0.25) is 0 Å². The Kier molecular flexibility index (Phi) is 3.73. The van der Waals surface area contributed by atoms with Crippen molar-refractivity contribution in [3.8, 4) is 0 Å². The first-order valence-corrected chi connectivity index (χ1v) is 6.89. The lowest BCUT2D eigenvalue weighted by Crippen LogP contribution is -2.39. The molecule has 0 radical (unpaired) electrons. The molecule has 5 heteroatoms. The third-order valence-corrected chi connectivity index (χ3v) is 3.60. The Hall–Kier alpha value is -2.56. The number of H-pyrrole nitrogens is 1. The van der Waals surface area contributed by atoms with E-state index in [2.05, 4.69) is 4.98 Å². The Balaban J connectivity index is 1.64. The summed E-state index contributed by atoms with van der Waals surface area (Å²) >= 11 is 0. The minimum Gasteiger partial charge on any atom is -0.445 e. The van der Waals surface area contributed by atoms with E-state index in [0.717, 1.165) is 11.3 Å². The third kappa shape index (κ3) is 2.97. The number of nitrogens with zero attached hydrogens (tertiary/aromatic N) is 1. The van der Waals surface area contributed by atoms with E-state index in [0.29, 0.717) is 25.1 Å². The second-order valence-electron chi connectivity index (χ2n) is 5.01. The summed E-state index contributed by atoms with van der Waals surface area (Å²) in [5.41, 5.74) is 2.47. The van der Waals surface area contributed by atoms with Crippen LogP contribution in [-0.4, -0.2) is 22.5 Å². The van der Waals surface area contributed by atoms with Gasteiger partial charge in [0.25, 0.3) is 0 Å². The fourth-order valence-corrected chi connectivity index (χ4v) is 2.43. The fourth-order valence-electron chi connectivity index (χ4n) is 2.43. The maximum absolute atomic E-state index is 12.1. The molecule has 21 heavy (non-hydrogen) atoms. The number of pyridine rings is 1. The summed E-state index contributed by atoms with van der Waals surface area (Å²) in [6.45, 7) is 1.11. The molecule has 2 heterocycles. The third-order valence-electron chi connectivity index (χ3n) is 3.60. The van der Waals surface area contributed by atoms with E-state index in [1.54, 1.807) is 11.1 Å². The number of carbonyl (C=O) groups is 1. The van der Waals surface area contributed by atoms with Gasteiger partial charge in [0.1, 0.15) is 6.61 Å². The van der Waals surface area contributed by atoms with Crippen LogP contribution in [-0.2, 0) is 24.3 Å². The number of amides is 1. The lowest BCUT2D eigenvalue weighted by Gasteiger charge is -2.27. The number of hydrogen-bond acceptors (Lipinski definition) is 3. The van der Waals surface area contributed by atoms with Gasteiger partial charge in [-0.25, -0.2) is 4.79 Å². The zero-order valence-corrected chi connectivity index (χ0v) is 11.5. The number of ether oxygens (including phenoxy) is 1. The Morgan fingerprint density at radius 1 is 1.24 bits per heavy atom. The largest absolute Gasteiger partial charge is 0.445 e. The zero-order chi connectivity index (χ0) is 14.7. The molecule has 0 unspecified atom stereocenters. The molecule has 1 aromatic carbocycles. The maximum Gasteiger partial charge on any atom is 0.410 e. The Labute approximate surface area is 122 Å². The maximum atomic E-state index is 12.1. The Morgan fingerprint density at radius 2 is 2.05 bits per heavy atom. The summed E-state index contributed by atoms with van der Waals surface area (Å²) in [6.07, 6.45) is 1.91. The Morgan fingerprint density at radius 3 is 2.86 bits per heavy atom. The van der Waals surface area contributed by atoms with Crippen LogP contribution < -0.4 is 5.43 Å². The average Bonchev–Trinajstić information content (AvgIpc) is 2.54. The van der Waals surface area contributed by atoms with Crippen LogP contribution in [0.5, 0.6) is 0 Å². The summed E-state index contributed by atoms with van der Waals surface area (Å²) in [4.78, 5) is 28.5. The number of aromatic amines is 1. The molecule has 1 aliphatic heterocycles. The highest BCUT2D eigenvalue weighted by Crippen LogP contribution is 2.14. The molecule has 5 nitrogen and oxygen atoms in total. The summed E-state index contributed by atoms with van der Waals surface area (Å²) < 4.78 is 5.30. The molecule has 0 spiro atoms. The molecule has 0 aliphatic carbocycles. The lowest BCUT2D eigenvalue weighted by atomic mass is 10.1. The van der Waals surface area contributed by atoms with Gasteiger partial charge in [-0.15, -0.1) is 0 Å². The molecule has 2 aromatic rings. The van der Waals surface area contributed by atoms with Crippen molar-refractivity contribution in [2.75, 3.05) is 6.54 Å². The topological polar surface area (TPSA) is 62.4 Å². The zero-order valence-electron chi connectivity index (χ0n) is 11.5. The van der Waals surface area contributed by atoms with Gasteiger partial charge in [0, 0.05) is 36.5 Å². The van der Waals surface area contributed by atoms with Crippen LogP contribution in [0, 0.1) is 0 Å². The van der Waals surface area contributed by atoms with Gasteiger partial charge < -0.3 is 14.6 Å². The number of nitrogens with one attached hydrogen (secondary N) is 1. The first-order valence-electron chi connectivity index (χ1n) is 6.89. The second-order valence-corrected chi connectivity index (χ2v) is 5.01. The molecule has 1 N–H and O–H groups in total. The highest BCUT2D eigenvalue weighted by molar-refractivity contribution is 5.68. The molecule has 1 aromatic heterocycles. The van der Waals surface area contributed by atoms with E-state index in [4.69, 9.17) is 4.74 Å².